The molecule has 1 aromatic heterocycles. The molecule has 0 aliphatic heterocycles. The Hall–Kier alpha value is -2.88. The van der Waals surface area contributed by atoms with E-state index in [0.29, 0.717) is 12.0 Å². The van der Waals surface area contributed by atoms with Crippen LogP contribution in [0.1, 0.15) is 23.4 Å². The highest BCUT2D eigenvalue weighted by atomic mass is 35.5. The Bertz CT molecular complexity index is 910. The fourth-order valence-electron chi connectivity index (χ4n) is 2.34. The molecule has 0 bridgehead atoms. The van der Waals surface area contributed by atoms with Crippen LogP contribution in [0.4, 0.5) is 18.9 Å². The van der Waals surface area contributed by atoms with Gasteiger partial charge in [0.1, 0.15) is 0 Å². The number of hydrogen-bond acceptors (Lipinski definition) is 4. The Labute approximate surface area is 162 Å². The maximum absolute atomic E-state index is 12.8. The Morgan fingerprint density at radius 3 is 2.75 bits per heavy atom. The van der Waals surface area contributed by atoms with Crippen molar-refractivity contribution in [3.05, 3.63) is 62.4 Å². The van der Waals surface area contributed by atoms with E-state index >= 15 is 0 Å². The third-order valence-electron chi connectivity index (χ3n) is 3.76. The van der Waals surface area contributed by atoms with E-state index in [1.54, 1.807) is 6.07 Å². The van der Waals surface area contributed by atoms with Crippen molar-refractivity contribution < 1.29 is 22.9 Å². The minimum Gasteiger partial charge on any atom is -0.352 e. The first kappa shape index (κ1) is 21.4. The number of hydrogen-bond donors (Lipinski definition) is 1. The topological polar surface area (TPSA) is 90.1 Å². The second kappa shape index (κ2) is 8.87. The highest BCUT2D eigenvalue weighted by Crippen LogP contribution is 2.35. The van der Waals surface area contributed by atoms with Gasteiger partial charge in [0, 0.05) is 31.3 Å². The maximum atomic E-state index is 12.8. The molecule has 0 saturated carbocycles. The van der Waals surface area contributed by atoms with Crippen LogP contribution in [0.2, 0.25) is 5.02 Å². The van der Waals surface area contributed by atoms with Gasteiger partial charge < -0.3 is 5.32 Å². The largest absolute Gasteiger partial charge is 0.436 e. The molecule has 7 nitrogen and oxygen atoms in total. The second-order valence-electron chi connectivity index (χ2n) is 5.80. The molecule has 150 valence electrons. The van der Waals surface area contributed by atoms with Crippen molar-refractivity contribution in [2.45, 2.75) is 26.1 Å². The number of nitrogens with one attached hydrogen (secondary N) is 1. The lowest BCUT2D eigenvalue weighted by Crippen LogP contribution is -2.23. The van der Waals surface area contributed by atoms with Crippen LogP contribution in [0.3, 0.4) is 0 Å². The van der Waals surface area contributed by atoms with E-state index in [0.717, 1.165) is 4.68 Å². The SMILES string of the molecule is Cc1c(Cl)c(C(F)(F)F)nn1CCCNC(=O)/C=C/c1cccc([N+](=O)[O-])c1. The van der Waals surface area contributed by atoms with Crippen LogP contribution in [-0.2, 0) is 17.5 Å². The zero-order valence-corrected chi connectivity index (χ0v) is 15.4. The van der Waals surface area contributed by atoms with E-state index in [1.165, 1.54) is 37.3 Å². The molecule has 0 fully saturated rings. The lowest BCUT2D eigenvalue weighted by Gasteiger charge is -2.05. The maximum Gasteiger partial charge on any atom is 0.436 e. The van der Waals surface area contributed by atoms with Gasteiger partial charge in [0.15, 0.2) is 5.69 Å². The number of benzene rings is 1. The molecular formula is C17H16ClF3N4O3. The summed E-state index contributed by atoms with van der Waals surface area (Å²) in [5.74, 6) is -0.433. The van der Waals surface area contributed by atoms with E-state index in [-0.39, 0.29) is 24.5 Å². The average molecular weight is 417 g/mol. The van der Waals surface area contributed by atoms with Gasteiger partial charge in [-0.1, -0.05) is 23.7 Å². The first-order chi connectivity index (χ1) is 13.1. The molecular weight excluding hydrogens is 401 g/mol. The van der Waals surface area contributed by atoms with Gasteiger partial charge in [0.2, 0.25) is 5.91 Å². The number of nitrogens with zero attached hydrogens (tertiary/aromatic N) is 3. The number of amides is 1. The summed E-state index contributed by atoms with van der Waals surface area (Å²) in [5.41, 5.74) is -0.527. The van der Waals surface area contributed by atoms with Crippen LogP contribution in [0.15, 0.2) is 30.3 Å². The van der Waals surface area contributed by atoms with Gasteiger partial charge >= 0.3 is 6.18 Å². The van der Waals surface area contributed by atoms with Gasteiger partial charge in [-0.2, -0.15) is 18.3 Å². The van der Waals surface area contributed by atoms with Crippen LogP contribution in [0.25, 0.3) is 6.08 Å². The van der Waals surface area contributed by atoms with E-state index in [1.807, 2.05) is 0 Å². The van der Waals surface area contributed by atoms with Gasteiger partial charge in [-0.3, -0.25) is 19.6 Å². The molecule has 1 amide bonds. The molecule has 0 saturated heterocycles. The smallest absolute Gasteiger partial charge is 0.352 e. The van der Waals surface area contributed by atoms with E-state index < -0.39 is 27.7 Å². The monoisotopic (exact) mass is 416 g/mol. The van der Waals surface area contributed by atoms with Gasteiger partial charge in [0.05, 0.1) is 15.6 Å². The number of carbonyl (C=O) groups excluding carboxylic acids is 1. The number of halogens is 4. The van der Waals surface area contributed by atoms with Crippen molar-refractivity contribution in [2.75, 3.05) is 6.54 Å². The summed E-state index contributed by atoms with van der Waals surface area (Å²) in [7, 11) is 0. The van der Waals surface area contributed by atoms with Crippen molar-refractivity contribution >= 4 is 29.3 Å². The van der Waals surface area contributed by atoms with Gasteiger partial charge in [-0.05, 0) is 25.0 Å². The molecule has 1 N–H and O–H groups in total. The second-order valence-corrected chi connectivity index (χ2v) is 6.18. The predicted octanol–water partition coefficient (Wildman–Crippen LogP) is 3.99. The van der Waals surface area contributed by atoms with Crippen LogP contribution in [0.5, 0.6) is 0 Å². The van der Waals surface area contributed by atoms with E-state index in [9.17, 15) is 28.1 Å². The highest BCUT2D eigenvalue weighted by molar-refractivity contribution is 6.31. The Kier molecular flexibility index (Phi) is 6.79. The van der Waals surface area contributed by atoms with Crippen molar-refractivity contribution in [2.24, 2.45) is 0 Å². The van der Waals surface area contributed by atoms with Gasteiger partial charge in [-0.25, -0.2) is 0 Å². The van der Waals surface area contributed by atoms with Crippen molar-refractivity contribution in [3.63, 3.8) is 0 Å². The third-order valence-corrected chi connectivity index (χ3v) is 4.21. The Morgan fingerprint density at radius 2 is 2.14 bits per heavy atom. The molecule has 0 atom stereocenters. The number of rotatable bonds is 7. The molecule has 0 unspecified atom stereocenters. The molecule has 28 heavy (non-hydrogen) atoms. The summed E-state index contributed by atoms with van der Waals surface area (Å²) in [6.07, 6.45) is -1.64. The molecule has 11 heteroatoms. The lowest BCUT2D eigenvalue weighted by atomic mass is 10.2. The van der Waals surface area contributed by atoms with Gasteiger partial charge in [0.25, 0.3) is 5.69 Å². The van der Waals surface area contributed by atoms with Crippen LogP contribution >= 0.6 is 11.6 Å². The summed E-state index contributed by atoms with van der Waals surface area (Å²) >= 11 is 5.67. The zero-order valence-electron chi connectivity index (χ0n) is 14.7. The highest BCUT2D eigenvalue weighted by Gasteiger charge is 2.38. The number of aryl methyl sites for hydroxylation is 1. The van der Waals surface area contributed by atoms with Crippen LogP contribution in [-0.4, -0.2) is 27.2 Å². The first-order valence-corrected chi connectivity index (χ1v) is 8.48. The number of nitro groups is 1. The average Bonchev–Trinajstić information content (AvgIpc) is 2.92. The Morgan fingerprint density at radius 1 is 1.43 bits per heavy atom. The van der Waals surface area contributed by atoms with Crippen LogP contribution in [0, 0.1) is 17.0 Å². The van der Waals surface area contributed by atoms with E-state index in [4.69, 9.17) is 11.6 Å². The summed E-state index contributed by atoms with van der Waals surface area (Å²) in [4.78, 5) is 22.0. The molecule has 1 aromatic carbocycles. The van der Waals surface area contributed by atoms with Gasteiger partial charge in [-0.15, -0.1) is 0 Å². The summed E-state index contributed by atoms with van der Waals surface area (Å²) < 4.78 is 39.5. The standard InChI is InChI=1S/C17H16ClF3N4O3/c1-11-15(18)16(17(19,20)21)23-24(11)9-3-8-22-14(26)7-6-12-4-2-5-13(10-12)25(27)28/h2,4-7,10H,3,8-9H2,1H3,(H,22,26)/b7-6+. The third kappa shape index (κ3) is 5.56. The normalized spacial score (nSPS) is 11.8. The molecule has 0 aliphatic carbocycles. The number of nitro benzene ring substituents is 1. The number of non-ortho nitro benzene ring substituents is 1. The van der Waals surface area contributed by atoms with Crippen molar-refractivity contribution in [1.82, 2.24) is 15.1 Å². The van der Waals surface area contributed by atoms with Crippen molar-refractivity contribution in [1.29, 1.82) is 0 Å². The van der Waals surface area contributed by atoms with Crippen LogP contribution < -0.4 is 5.32 Å². The molecule has 0 radical (unpaired) electrons. The predicted molar refractivity (Wildman–Crippen MR) is 96.7 cm³/mol. The van der Waals surface area contributed by atoms with Crippen molar-refractivity contribution in [3.8, 4) is 0 Å². The fourth-order valence-corrected chi connectivity index (χ4v) is 2.58. The molecule has 1 heterocycles. The Balaban J connectivity index is 1.85. The number of aromatic nitrogens is 2. The van der Waals surface area contributed by atoms with E-state index in [2.05, 4.69) is 10.4 Å². The minimum atomic E-state index is -4.63. The fraction of sp³-hybridized carbons (Fsp3) is 0.294. The molecule has 2 rings (SSSR count). The first-order valence-electron chi connectivity index (χ1n) is 8.10. The summed E-state index contributed by atoms with van der Waals surface area (Å²) in [5, 5.41) is 16.3. The number of carbonyl (C=O) groups is 1. The molecule has 0 aliphatic rings. The lowest BCUT2D eigenvalue weighted by molar-refractivity contribution is -0.384. The molecule has 0 spiro atoms. The molecule has 2 aromatic rings. The number of alkyl halides is 3. The summed E-state index contributed by atoms with van der Waals surface area (Å²) in [6, 6.07) is 5.78. The minimum absolute atomic E-state index is 0.0889. The quantitative estimate of drug-likeness (QED) is 0.320. The summed E-state index contributed by atoms with van der Waals surface area (Å²) in [6.45, 7) is 1.79. The zero-order chi connectivity index (χ0) is 20.9.